The van der Waals surface area contributed by atoms with Gasteiger partial charge >= 0.3 is 0 Å². The lowest BCUT2D eigenvalue weighted by Crippen LogP contribution is -2.13. The minimum atomic E-state index is -0.538. The fourth-order valence-corrected chi connectivity index (χ4v) is 1.01. The number of rotatable bonds is 3. The molecule has 1 aromatic rings. The van der Waals surface area contributed by atoms with Crippen LogP contribution >= 0.6 is 0 Å². The maximum absolute atomic E-state index is 10.7. The summed E-state index contributed by atoms with van der Waals surface area (Å²) in [6.07, 6.45) is 3.88. The monoisotopic (exact) mass is 179 g/mol. The molecule has 0 bridgehead atoms. The Balaban J connectivity index is 2.75. The molecule has 0 saturated heterocycles. The van der Waals surface area contributed by atoms with E-state index in [2.05, 4.69) is 23.8 Å². The van der Waals surface area contributed by atoms with Crippen LogP contribution in [-0.2, 0) is 6.42 Å². The maximum Gasteiger partial charge on any atom is 0.268 e. The van der Waals surface area contributed by atoms with Crippen LogP contribution in [-0.4, -0.2) is 15.9 Å². The van der Waals surface area contributed by atoms with E-state index in [1.165, 1.54) is 6.20 Å². The highest BCUT2D eigenvalue weighted by Crippen LogP contribution is 2.03. The number of nitrogens with zero attached hydrogens (tertiary/aromatic N) is 2. The number of aromatic nitrogens is 2. The quantitative estimate of drug-likeness (QED) is 0.745. The number of amides is 1. The first-order valence-electron chi connectivity index (χ1n) is 4.20. The average molecular weight is 179 g/mol. The molecule has 0 aliphatic carbocycles. The summed E-state index contributed by atoms with van der Waals surface area (Å²) in [7, 11) is 0. The third-order valence-electron chi connectivity index (χ3n) is 1.58. The summed E-state index contributed by atoms with van der Waals surface area (Å²) in [6.45, 7) is 4.20. The van der Waals surface area contributed by atoms with E-state index in [0.717, 1.165) is 12.1 Å². The molecular weight excluding hydrogens is 166 g/mol. The van der Waals surface area contributed by atoms with Gasteiger partial charge in [0.15, 0.2) is 0 Å². The zero-order valence-electron chi connectivity index (χ0n) is 7.82. The Bertz CT molecular complexity index is 292. The van der Waals surface area contributed by atoms with Crippen LogP contribution in [0.25, 0.3) is 0 Å². The van der Waals surface area contributed by atoms with Crippen LogP contribution in [0.4, 0.5) is 0 Å². The summed E-state index contributed by atoms with van der Waals surface area (Å²) in [5.41, 5.74) is 6.13. The Kier molecular flexibility index (Phi) is 2.95. The number of primary amides is 1. The topological polar surface area (TPSA) is 68.9 Å². The first-order chi connectivity index (χ1) is 6.09. The van der Waals surface area contributed by atoms with Crippen molar-refractivity contribution in [3.05, 3.63) is 23.8 Å². The van der Waals surface area contributed by atoms with Crippen LogP contribution in [0.1, 0.15) is 30.0 Å². The van der Waals surface area contributed by atoms with Crippen molar-refractivity contribution in [3.63, 3.8) is 0 Å². The minimum Gasteiger partial charge on any atom is -0.364 e. The standard InChI is InChI=1S/C9H13N3O/c1-6(2)3-7-4-12-8(5-11-7)9(10)13/h4-6H,3H2,1-2H3,(H2,10,13). The molecule has 1 amide bonds. The SMILES string of the molecule is CC(C)Cc1cnc(C(N)=O)cn1. The molecular formula is C9H13N3O. The van der Waals surface area contributed by atoms with E-state index in [1.807, 2.05) is 0 Å². The Labute approximate surface area is 77.2 Å². The van der Waals surface area contributed by atoms with Gasteiger partial charge in [-0.25, -0.2) is 4.98 Å². The Hall–Kier alpha value is -1.45. The van der Waals surface area contributed by atoms with Gasteiger partial charge in [-0.1, -0.05) is 13.8 Å². The summed E-state index contributed by atoms with van der Waals surface area (Å²) in [5, 5.41) is 0. The Morgan fingerprint density at radius 1 is 1.46 bits per heavy atom. The molecule has 0 radical (unpaired) electrons. The third kappa shape index (κ3) is 2.82. The van der Waals surface area contributed by atoms with Crippen molar-refractivity contribution in [2.24, 2.45) is 11.7 Å². The average Bonchev–Trinajstić information content (AvgIpc) is 2.04. The molecule has 13 heavy (non-hydrogen) atoms. The second-order valence-electron chi connectivity index (χ2n) is 3.36. The predicted molar refractivity (Wildman–Crippen MR) is 49.1 cm³/mol. The number of carbonyl (C=O) groups is 1. The van der Waals surface area contributed by atoms with Gasteiger partial charge in [0.2, 0.25) is 0 Å². The van der Waals surface area contributed by atoms with E-state index in [9.17, 15) is 4.79 Å². The second-order valence-corrected chi connectivity index (χ2v) is 3.36. The molecule has 1 aromatic heterocycles. The van der Waals surface area contributed by atoms with Gasteiger partial charge in [0.1, 0.15) is 5.69 Å². The molecule has 0 spiro atoms. The van der Waals surface area contributed by atoms with E-state index < -0.39 is 5.91 Å². The van der Waals surface area contributed by atoms with E-state index in [0.29, 0.717) is 5.92 Å². The zero-order chi connectivity index (χ0) is 9.84. The highest BCUT2D eigenvalue weighted by Gasteiger charge is 2.03. The summed E-state index contributed by atoms with van der Waals surface area (Å²) in [5.74, 6) is -0.00248. The fraction of sp³-hybridized carbons (Fsp3) is 0.444. The smallest absolute Gasteiger partial charge is 0.268 e. The summed E-state index contributed by atoms with van der Waals surface area (Å²) < 4.78 is 0. The van der Waals surface area contributed by atoms with Gasteiger partial charge in [0.05, 0.1) is 11.9 Å². The van der Waals surface area contributed by atoms with Crippen LogP contribution in [0.3, 0.4) is 0 Å². The van der Waals surface area contributed by atoms with Gasteiger partial charge in [-0.05, 0) is 12.3 Å². The summed E-state index contributed by atoms with van der Waals surface area (Å²) in [6, 6.07) is 0. The predicted octanol–water partition coefficient (Wildman–Crippen LogP) is 0.774. The zero-order valence-corrected chi connectivity index (χ0v) is 7.82. The first-order valence-corrected chi connectivity index (χ1v) is 4.20. The molecule has 4 nitrogen and oxygen atoms in total. The van der Waals surface area contributed by atoms with Gasteiger partial charge in [0, 0.05) is 6.20 Å². The number of carbonyl (C=O) groups excluding carboxylic acids is 1. The summed E-state index contributed by atoms with van der Waals surface area (Å²) >= 11 is 0. The van der Waals surface area contributed by atoms with Crippen molar-refractivity contribution in [3.8, 4) is 0 Å². The molecule has 2 N–H and O–H groups in total. The minimum absolute atomic E-state index is 0.215. The lowest BCUT2D eigenvalue weighted by Gasteiger charge is -2.02. The van der Waals surface area contributed by atoms with E-state index in [4.69, 9.17) is 5.73 Å². The van der Waals surface area contributed by atoms with Gasteiger partial charge in [-0.2, -0.15) is 0 Å². The van der Waals surface area contributed by atoms with Crippen molar-refractivity contribution < 1.29 is 4.79 Å². The van der Waals surface area contributed by atoms with Gasteiger partial charge in [-0.15, -0.1) is 0 Å². The van der Waals surface area contributed by atoms with Crippen LogP contribution in [0, 0.1) is 5.92 Å². The maximum atomic E-state index is 10.7. The molecule has 70 valence electrons. The highest BCUT2D eigenvalue weighted by molar-refractivity contribution is 5.90. The molecule has 0 aromatic carbocycles. The molecule has 1 heterocycles. The van der Waals surface area contributed by atoms with Crippen molar-refractivity contribution in [2.75, 3.05) is 0 Å². The molecule has 0 aliphatic rings. The number of hydrogen-bond donors (Lipinski definition) is 1. The largest absolute Gasteiger partial charge is 0.364 e. The molecule has 4 heteroatoms. The van der Waals surface area contributed by atoms with Crippen LogP contribution in [0.15, 0.2) is 12.4 Å². The van der Waals surface area contributed by atoms with Crippen LogP contribution < -0.4 is 5.73 Å². The van der Waals surface area contributed by atoms with Crippen molar-refractivity contribution >= 4 is 5.91 Å². The lowest BCUT2D eigenvalue weighted by molar-refractivity contribution is 0.0995. The van der Waals surface area contributed by atoms with E-state index in [-0.39, 0.29) is 5.69 Å². The van der Waals surface area contributed by atoms with Gasteiger partial charge in [0.25, 0.3) is 5.91 Å². The summed E-state index contributed by atoms with van der Waals surface area (Å²) in [4.78, 5) is 18.6. The first kappa shape index (κ1) is 9.64. The van der Waals surface area contributed by atoms with Crippen LogP contribution in [0.5, 0.6) is 0 Å². The van der Waals surface area contributed by atoms with Crippen molar-refractivity contribution in [1.29, 1.82) is 0 Å². The second kappa shape index (κ2) is 3.98. The Morgan fingerprint density at radius 3 is 2.54 bits per heavy atom. The lowest BCUT2D eigenvalue weighted by atomic mass is 10.1. The van der Waals surface area contributed by atoms with Crippen molar-refractivity contribution in [1.82, 2.24) is 9.97 Å². The normalized spacial score (nSPS) is 10.4. The molecule has 0 fully saturated rings. The van der Waals surface area contributed by atoms with Gasteiger partial charge < -0.3 is 5.73 Å². The number of hydrogen-bond acceptors (Lipinski definition) is 3. The highest BCUT2D eigenvalue weighted by atomic mass is 16.1. The molecule has 0 atom stereocenters. The fourth-order valence-electron chi connectivity index (χ4n) is 1.01. The van der Waals surface area contributed by atoms with Gasteiger partial charge in [-0.3, -0.25) is 9.78 Å². The molecule has 0 saturated carbocycles. The molecule has 0 unspecified atom stereocenters. The van der Waals surface area contributed by atoms with E-state index in [1.54, 1.807) is 6.20 Å². The molecule has 0 aliphatic heterocycles. The number of nitrogens with two attached hydrogens (primary N) is 1. The van der Waals surface area contributed by atoms with Crippen molar-refractivity contribution in [2.45, 2.75) is 20.3 Å². The van der Waals surface area contributed by atoms with Crippen LogP contribution in [0.2, 0.25) is 0 Å². The Morgan fingerprint density at radius 2 is 2.15 bits per heavy atom. The molecule has 1 rings (SSSR count). The van der Waals surface area contributed by atoms with E-state index >= 15 is 0 Å². The third-order valence-corrected chi connectivity index (χ3v) is 1.58.